The smallest absolute Gasteiger partial charge is 0.268 e. The van der Waals surface area contributed by atoms with E-state index in [4.69, 9.17) is 9.05 Å². The molecule has 9 heteroatoms. The average Bonchev–Trinajstić information content (AvgIpc) is 3.70. The highest BCUT2D eigenvalue weighted by molar-refractivity contribution is 7.45. The lowest BCUT2D eigenvalue weighted by molar-refractivity contribution is -0.870. The van der Waals surface area contributed by atoms with Crippen molar-refractivity contribution in [1.82, 2.24) is 5.32 Å². The lowest BCUT2D eigenvalue weighted by Gasteiger charge is -2.29. The molecular weight excluding hydrogens is 1090 g/mol. The van der Waals surface area contributed by atoms with Crippen molar-refractivity contribution >= 4 is 13.7 Å². The molecule has 504 valence electrons. The van der Waals surface area contributed by atoms with Crippen LogP contribution in [0, 0.1) is 0 Å². The number of likely N-dealkylation sites (N-methyl/N-ethyl adjacent to an activating group) is 1. The minimum Gasteiger partial charge on any atom is -0.756 e. The number of unbranched alkanes of at least 4 members (excludes halogenated alkanes) is 38. The first-order valence-corrected chi connectivity index (χ1v) is 38.2. The number of phosphoric ester groups is 1. The van der Waals surface area contributed by atoms with Crippen LogP contribution >= 0.6 is 7.82 Å². The van der Waals surface area contributed by atoms with Gasteiger partial charge >= 0.3 is 0 Å². The quantitative estimate of drug-likeness (QED) is 0.0272. The normalized spacial score (nSPS) is 14.2. The fourth-order valence-electron chi connectivity index (χ4n) is 10.6. The van der Waals surface area contributed by atoms with E-state index in [9.17, 15) is 19.4 Å². The van der Waals surface area contributed by atoms with Crippen LogP contribution in [0.15, 0.2) is 109 Å². The van der Waals surface area contributed by atoms with Crippen LogP contribution in [0.25, 0.3) is 0 Å². The van der Waals surface area contributed by atoms with E-state index in [0.29, 0.717) is 17.4 Å². The van der Waals surface area contributed by atoms with E-state index in [0.717, 1.165) is 83.5 Å². The molecule has 3 unspecified atom stereocenters. The molecule has 0 fully saturated rings. The molecule has 1 amide bonds. The number of phosphoric acid groups is 1. The first-order chi connectivity index (χ1) is 42.5. The SMILES string of the molecule is CC/C=C\C/C=C\C/C=C\C/C=C\C/C=C\C/C=C\C/C=C\CCCCCCCCCCCCCCCC(=O)NC(COP(=O)([O-])OCC[N+](C)(C)C)C(O)/C=C/CC/C=C/CCCCCCCCCCCCCCCCCCCCCCCCCC. The van der Waals surface area contributed by atoms with Gasteiger partial charge in [-0.15, -0.1) is 0 Å². The zero-order valence-electron chi connectivity index (χ0n) is 57.7. The van der Waals surface area contributed by atoms with Gasteiger partial charge < -0.3 is 28.8 Å². The Kier molecular flexibility index (Phi) is 65.3. The summed E-state index contributed by atoms with van der Waals surface area (Å²) in [6.07, 6.45) is 99.4. The van der Waals surface area contributed by atoms with Crippen LogP contribution in [0.4, 0.5) is 0 Å². The van der Waals surface area contributed by atoms with E-state index in [1.54, 1.807) is 6.08 Å². The molecule has 0 saturated heterocycles. The summed E-state index contributed by atoms with van der Waals surface area (Å²) in [5, 5.41) is 14.0. The van der Waals surface area contributed by atoms with Crippen molar-refractivity contribution in [3.8, 4) is 0 Å². The Morgan fingerprint density at radius 1 is 0.414 bits per heavy atom. The molecule has 0 heterocycles. The van der Waals surface area contributed by atoms with Gasteiger partial charge in [0.1, 0.15) is 13.2 Å². The lowest BCUT2D eigenvalue weighted by atomic mass is 10.0. The van der Waals surface area contributed by atoms with E-state index in [-0.39, 0.29) is 12.5 Å². The molecular formula is C78H141N2O6P. The van der Waals surface area contributed by atoms with Crippen LogP contribution in [-0.4, -0.2) is 68.5 Å². The molecule has 8 nitrogen and oxygen atoms in total. The predicted molar refractivity (Wildman–Crippen MR) is 380 cm³/mol. The number of nitrogens with zero attached hydrogens (tertiary/aromatic N) is 1. The largest absolute Gasteiger partial charge is 0.756 e. The molecule has 0 aromatic rings. The average molecular weight is 1230 g/mol. The zero-order chi connectivity index (χ0) is 63.4. The number of nitrogens with one attached hydrogen (secondary N) is 1. The molecule has 0 aromatic carbocycles. The summed E-state index contributed by atoms with van der Waals surface area (Å²) in [6.45, 7) is 4.54. The lowest BCUT2D eigenvalue weighted by Crippen LogP contribution is -2.45. The number of aliphatic hydroxyl groups is 1. The van der Waals surface area contributed by atoms with Crippen LogP contribution in [0.3, 0.4) is 0 Å². The van der Waals surface area contributed by atoms with Crippen LogP contribution < -0.4 is 10.2 Å². The Labute approximate surface area is 540 Å². The summed E-state index contributed by atoms with van der Waals surface area (Å²) in [6, 6.07) is -0.912. The van der Waals surface area contributed by atoms with Crippen molar-refractivity contribution in [2.24, 2.45) is 0 Å². The second-order valence-corrected chi connectivity index (χ2v) is 27.3. The van der Waals surface area contributed by atoms with Gasteiger partial charge in [-0.1, -0.05) is 342 Å². The van der Waals surface area contributed by atoms with Crippen LogP contribution in [0.5, 0.6) is 0 Å². The number of quaternary nitrogens is 1. The Morgan fingerprint density at radius 3 is 1.07 bits per heavy atom. The fraction of sp³-hybridized carbons (Fsp3) is 0.756. The van der Waals surface area contributed by atoms with Crippen LogP contribution in [-0.2, 0) is 18.4 Å². The van der Waals surface area contributed by atoms with Gasteiger partial charge in [-0.05, 0) is 89.9 Å². The minimum atomic E-state index is -4.62. The van der Waals surface area contributed by atoms with Gasteiger partial charge in [0.05, 0.1) is 39.9 Å². The van der Waals surface area contributed by atoms with Gasteiger partial charge in [-0.2, -0.15) is 0 Å². The van der Waals surface area contributed by atoms with E-state index < -0.39 is 26.6 Å². The second kappa shape index (κ2) is 67.6. The number of rotatable bonds is 67. The summed E-state index contributed by atoms with van der Waals surface area (Å²) >= 11 is 0. The number of amides is 1. The van der Waals surface area contributed by atoms with E-state index in [1.165, 1.54) is 225 Å². The summed E-state index contributed by atoms with van der Waals surface area (Å²) in [5.41, 5.74) is 0. The van der Waals surface area contributed by atoms with Crippen molar-refractivity contribution in [3.05, 3.63) is 109 Å². The molecule has 0 radical (unpaired) electrons. The third-order valence-electron chi connectivity index (χ3n) is 16.2. The Hall–Kier alpha value is -2.84. The predicted octanol–water partition coefficient (Wildman–Crippen LogP) is 23.2. The summed E-state index contributed by atoms with van der Waals surface area (Å²) in [5.74, 6) is -0.209. The van der Waals surface area contributed by atoms with Gasteiger partial charge in [0, 0.05) is 6.42 Å². The van der Waals surface area contributed by atoms with Crippen molar-refractivity contribution in [2.75, 3.05) is 40.9 Å². The fourth-order valence-corrected chi connectivity index (χ4v) is 11.3. The highest BCUT2D eigenvalue weighted by Crippen LogP contribution is 2.38. The van der Waals surface area contributed by atoms with E-state index in [1.807, 2.05) is 27.2 Å². The summed E-state index contributed by atoms with van der Waals surface area (Å²) in [7, 11) is 1.24. The van der Waals surface area contributed by atoms with E-state index >= 15 is 0 Å². The number of aliphatic hydroxyl groups excluding tert-OH is 1. The van der Waals surface area contributed by atoms with Crippen molar-refractivity contribution < 1.29 is 32.9 Å². The van der Waals surface area contributed by atoms with Crippen molar-refractivity contribution in [2.45, 2.75) is 341 Å². The summed E-state index contributed by atoms with van der Waals surface area (Å²) < 4.78 is 23.5. The third kappa shape index (κ3) is 70.5. The molecule has 2 N–H and O–H groups in total. The zero-order valence-corrected chi connectivity index (χ0v) is 58.6. The molecule has 0 saturated carbocycles. The van der Waals surface area contributed by atoms with Gasteiger partial charge in [0.2, 0.25) is 5.91 Å². The van der Waals surface area contributed by atoms with Gasteiger partial charge in [-0.25, -0.2) is 0 Å². The van der Waals surface area contributed by atoms with Crippen LogP contribution in [0.1, 0.15) is 328 Å². The minimum absolute atomic E-state index is 0.0102. The van der Waals surface area contributed by atoms with Gasteiger partial charge in [0.15, 0.2) is 0 Å². The number of allylic oxidation sites excluding steroid dienone is 17. The number of hydrogen-bond donors (Lipinski definition) is 2. The Morgan fingerprint density at radius 2 is 0.713 bits per heavy atom. The van der Waals surface area contributed by atoms with Gasteiger partial charge in [-0.3, -0.25) is 9.36 Å². The molecule has 0 spiro atoms. The Balaban J connectivity index is 4.10. The topological polar surface area (TPSA) is 108 Å². The number of carbonyl (C=O) groups is 1. The van der Waals surface area contributed by atoms with Crippen molar-refractivity contribution in [1.29, 1.82) is 0 Å². The standard InChI is InChI=1S/C78H141N2O6P/c1-6-8-10-12-14-16-18-20-22-24-26-28-30-32-34-36-38-39-40-41-42-44-46-48-50-52-54-56-58-60-62-64-66-68-70-72-78(82)79-76(75-86-87(83,84)85-74-73-80(3,4)5)77(81)71-69-67-65-63-61-59-57-55-53-51-49-47-45-43-37-35-33-31-29-27-25-23-21-19-17-15-13-11-9-7-2/h8,10,14,16,20,22,26,28,32,34,38-39,41-42,61,63,69,71,76-77,81H,6-7,9,11-13,15,17-19,21,23-25,27,29-31,33,35-37,40,43-60,62,64-68,70,72-75H2,1-5H3,(H-,79,82,83,84)/b10-8-,16-14-,22-20-,28-26-,34-32-,39-38-,42-41-,63-61+,71-69+. The third-order valence-corrected chi connectivity index (χ3v) is 17.2. The molecule has 0 rings (SSSR count). The number of carbonyl (C=O) groups excluding carboxylic acids is 1. The number of hydrogen-bond acceptors (Lipinski definition) is 6. The molecule has 0 aliphatic heterocycles. The maximum Gasteiger partial charge on any atom is 0.268 e. The molecule has 0 aliphatic carbocycles. The highest BCUT2D eigenvalue weighted by Gasteiger charge is 2.23. The first kappa shape index (κ1) is 84.2. The van der Waals surface area contributed by atoms with Crippen molar-refractivity contribution in [3.63, 3.8) is 0 Å². The van der Waals surface area contributed by atoms with Crippen LogP contribution in [0.2, 0.25) is 0 Å². The molecule has 87 heavy (non-hydrogen) atoms. The first-order valence-electron chi connectivity index (χ1n) is 36.7. The monoisotopic (exact) mass is 1230 g/mol. The van der Waals surface area contributed by atoms with E-state index in [2.05, 4.69) is 116 Å². The maximum absolute atomic E-state index is 13.1. The molecule has 0 aromatic heterocycles. The maximum atomic E-state index is 13.1. The highest BCUT2D eigenvalue weighted by atomic mass is 31.2. The Bertz CT molecular complexity index is 1790. The summed E-state index contributed by atoms with van der Waals surface area (Å²) in [4.78, 5) is 25.7. The molecule has 3 atom stereocenters. The molecule has 0 aliphatic rings. The molecule has 0 bridgehead atoms. The van der Waals surface area contributed by atoms with Gasteiger partial charge in [0.25, 0.3) is 7.82 Å². The second-order valence-electron chi connectivity index (χ2n) is 25.9.